The third-order valence-corrected chi connectivity index (χ3v) is 4.05. The highest BCUT2D eigenvalue weighted by Crippen LogP contribution is 2.18. The normalized spacial score (nSPS) is 22.5. The first-order valence-corrected chi connectivity index (χ1v) is 6.91. The van der Waals surface area contributed by atoms with Crippen LogP contribution in [0.2, 0.25) is 0 Å². The number of rotatable bonds is 5. The van der Waals surface area contributed by atoms with Gasteiger partial charge >= 0.3 is 0 Å². The summed E-state index contributed by atoms with van der Waals surface area (Å²) in [4.78, 5) is 13.9. The van der Waals surface area contributed by atoms with Gasteiger partial charge in [0.2, 0.25) is 5.91 Å². The Hall–Kier alpha value is -0.570. The summed E-state index contributed by atoms with van der Waals surface area (Å²) < 4.78 is 0. The van der Waals surface area contributed by atoms with Crippen LogP contribution >= 0.6 is 0 Å². The summed E-state index contributed by atoms with van der Waals surface area (Å²) in [5, 5.41) is 4.42. The number of piperidine rings is 1. The van der Waals surface area contributed by atoms with Crippen LogP contribution in [0, 0.1) is 11.8 Å². The molecule has 1 amide bonds. The maximum atomic E-state index is 12.0. The first kappa shape index (κ1) is 14.5. The van der Waals surface area contributed by atoms with Crippen LogP contribution in [-0.4, -0.2) is 37.0 Å². The van der Waals surface area contributed by atoms with Crippen LogP contribution < -0.4 is 5.32 Å². The summed E-state index contributed by atoms with van der Waals surface area (Å²) in [7, 11) is 1.93. The molecule has 1 aliphatic rings. The number of amides is 1. The third kappa shape index (κ3) is 4.66. The van der Waals surface area contributed by atoms with Crippen molar-refractivity contribution in [2.75, 3.05) is 20.1 Å². The Morgan fingerprint density at radius 1 is 1.41 bits per heavy atom. The second-order valence-electron chi connectivity index (χ2n) is 5.67. The lowest BCUT2D eigenvalue weighted by atomic mass is 9.94. The minimum atomic E-state index is 0.289. The molecule has 1 rings (SSSR count). The summed E-state index contributed by atoms with van der Waals surface area (Å²) >= 11 is 0. The Bertz CT molecular complexity index is 234. The molecule has 1 radical (unpaired) electrons. The molecule has 3 nitrogen and oxygen atoms in total. The predicted octanol–water partition coefficient (Wildman–Crippen LogP) is 2.28. The summed E-state index contributed by atoms with van der Waals surface area (Å²) in [5.41, 5.74) is 0. The van der Waals surface area contributed by atoms with E-state index in [1.165, 1.54) is 12.8 Å². The van der Waals surface area contributed by atoms with Gasteiger partial charge in [0, 0.05) is 32.6 Å². The van der Waals surface area contributed by atoms with Crippen LogP contribution in [0.1, 0.15) is 46.5 Å². The van der Waals surface area contributed by atoms with E-state index in [1.807, 2.05) is 11.9 Å². The van der Waals surface area contributed by atoms with E-state index in [0.717, 1.165) is 19.5 Å². The van der Waals surface area contributed by atoms with Gasteiger partial charge in [0.15, 0.2) is 0 Å². The second-order valence-corrected chi connectivity index (χ2v) is 5.67. The number of carbonyl (C=O) groups excluding carboxylic acids is 1. The van der Waals surface area contributed by atoms with Gasteiger partial charge in [-0.2, -0.15) is 0 Å². The van der Waals surface area contributed by atoms with E-state index in [2.05, 4.69) is 26.1 Å². The number of carbonyl (C=O) groups is 1. The molecule has 3 heteroatoms. The van der Waals surface area contributed by atoms with Gasteiger partial charge in [-0.05, 0) is 38.0 Å². The van der Waals surface area contributed by atoms with Gasteiger partial charge in [-0.15, -0.1) is 0 Å². The van der Waals surface area contributed by atoms with Gasteiger partial charge in [-0.3, -0.25) is 4.79 Å². The van der Waals surface area contributed by atoms with E-state index in [-0.39, 0.29) is 5.91 Å². The van der Waals surface area contributed by atoms with Crippen molar-refractivity contribution >= 4 is 5.91 Å². The van der Waals surface area contributed by atoms with Crippen LogP contribution in [-0.2, 0) is 4.79 Å². The monoisotopic (exact) mass is 239 g/mol. The van der Waals surface area contributed by atoms with Gasteiger partial charge < -0.3 is 4.90 Å². The van der Waals surface area contributed by atoms with E-state index in [1.54, 1.807) is 0 Å². The van der Waals surface area contributed by atoms with Gasteiger partial charge in [-0.25, -0.2) is 5.32 Å². The summed E-state index contributed by atoms with van der Waals surface area (Å²) in [5.74, 6) is 1.46. The van der Waals surface area contributed by atoms with Crippen LogP contribution in [0.4, 0.5) is 0 Å². The van der Waals surface area contributed by atoms with Gasteiger partial charge in [0.05, 0.1) is 0 Å². The quantitative estimate of drug-likeness (QED) is 0.725. The molecule has 99 valence electrons. The van der Waals surface area contributed by atoms with Gasteiger partial charge in [0.1, 0.15) is 0 Å². The topological polar surface area (TPSA) is 34.4 Å². The average Bonchev–Trinajstić information content (AvgIpc) is 2.35. The molecule has 0 N–H and O–H groups in total. The molecule has 1 fully saturated rings. The summed E-state index contributed by atoms with van der Waals surface area (Å²) in [6.45, 7) is 8.44. The fourth-order valence-corrected chi connectivity index (χ4v) is 2.27. The zero-order valence-electron chi connectivity index (χ0n) is 11.8. The molecule has 0 aromatic rings. The van der Waals surface area contributed by atoms with Crippen molar-refractivity contribution in [1.82, 2.24) is 10.2 Å². The SMILES string of the molecule is CC(C)C(C)N(C)C(=O)CCC1CCC[N]C1. The molecule has 0 bridgehead atoms. The Labute approximate surface area is 106 Å². The smallest absolute Gasteiger partial charge is 0.222 e. The zero-order valence-corrected chi connectivity index (χ0v) is 11.8. The lowest BCUT2D eigenvalue weighted by Crippen LogP contribution is -2.38. The number of nitrogens with zero attached hydrogens (tertiary/aromatic N) is 2. The van der Waals surface area contributed by atoms with Gasteiger partial charge in [0.25, 0.3) is 0 Å². The highest BCUT2D eigenvalue weighted by atomic mass is 16.2. The molecule has 0 aromatic carbocycles. The maximum absolute atomic E-state index is 12.0. The van der Waals surface area contributed by atoms with Gasteiger partial charge in [-0.1, -0.05) is 13.8 Å². The molecule has 1 aliphatic heterocycles. The predicted molar refractivity (Wildman–Crippen MR) is 70.9 cm³/mol. The first-order chi connectivity index (χ1) is 8.02. The fourth-order valence-electron chi connectivity index (χ4n) is 2.27. The Morgan fingerprint density at radius 2 is 2.12 bits per heavy atom. The van der Waals surface area contributed by atoms with Crippen molar-refractivity contribution in [3.63, 3.8) is 0 Å². The molecule has 0 aliphatic carbocycles. The minimum absolute atomic E-state index is 0.289. The van der Waals surface area contributed by atoms with E-state index in [0.29, 0.717) is 24.3 Å². The number of hydrogen-bond acceptors (Lipinski definition) is 1. The van der Waals surface area contributed by atoms with E-state index < -0.39 is 0 Å². The molecule has 2 atom stereocenters. The third-order valence-electron chi connectivity index (χ3n) is 4.05. The molecule has 2 unspecified atom stereocenters. The second kappa shape index (κ2) is 7.00. The fraction of sp³-hybridized carbons (Fsp3) is 0.929. The van der Waals surface area contributed by atoms with Crippen molar-refractivity contribution < 1.29 is 4.79 Å². The Kier molecular flexibility index (Phi) is 5.96. The van der Waals surface area contributed by atoms with Crippen molar-refractivity contribution in [2.24, 2.45) is 11.8 Å². The minimum Gasteiger partial charge on any atom is -0.343 e. The molecule has 0 spiro atoms. The van der Waals surface area contributed by atoms with Crippen molar-refractivity contribution in [3.05, 3.63) is 0 Å². The summed E-state index contributed by atoms with van der Waals surface area (Å²) in [6.07, 6.45) is 4.16. The molecule has 1 saturated heterocycles. The average molecular weight is 239 g/mol. The van der Waals surface area contributed by atoms with Crippen molar-refractivity contribution in [3.8, 4) is 0 Å². The first-order valence-electron chi connectivity index (χ1n) is 6.91. The standard InChI is InChI=1S/C14H27N2O/c1-11(2)12(3)16(4)14(17)8-7-13-6-5-9-15-10-13/h11-13H,5-10H2,1-4H3. The molecule has 0 saturated carbocycles. The van der Waals surface area contributed by atoms with Crippen molar-refractivity contribution in [1.29, 1.82) is 0 Å². The van der Waals surface area contributed by atoms with Crippen LogP contribution in [0.5, 0.6) is 0 Å². The Balaban J connectivity index is 2.28. The summed E-state index contributed by atoms with van der Waals surface area (Å²) in [6, 6.07) is 0.332. The molecular formula is C14H27N2O. The highest BCUT2D eigenvalue weighted by molar-refractivity contribution is 5.76. The molecule has 17 heavy (non-hydrogen) atoms. The highest BCUT2D eigenvalue weighted by Gasteiger charge is 2.20. The lowest BCUT2D eigenvalue weighted by molar-refractivity contribution is -0.132. The lowest BCUT2D eigenvalue weighted by Gasteiger charge is -2.29. The molecule has 0 aromatic heterocycles. The van der Waals surface area contributed by atoms with Crippen LogP contribution in [0.3, 0.4) is 0 Å². The van der Waals surface area contributed by atoms with Crippen LogP contribution in [0.15, 0.2) is 0 Å². The zero-order chi connectivity index (χ0) is 12.8. The van der Waals surface area contributed by atoms with E-state index in [4.69, 9.17) is 0 Å². The molecular weight excluding hydrogens is 212 g/mol. The Morgan fingerprint density at radius 3 is 2.65 bits per heavy atom. The maximum Gasteiger partial charge on any atom is 0.222 e. The van der Waals surface area contributed by atoms with E-state index >= 15 is 0 Å². The van der Waals surface area contributed by atoms with E-state index in [9.17, 15) is 4.79 Å². The van der Waals surface area contributed by atoms with Crippen molar-refractivity contribution in [2.45, 2.75) is 52.5 Å². The van der Waals surface area contributed by atoms with Crippen LogP contribution in [0.25, 0.3) is 0 Å². The molecule has 1 heterocycles. The number of hydrogen-bond donors (Lipinski definition) is 0. The largest absolute Gasteiger partial charge is 0.343 e.